The molecule has 104 valence electrons. The van der Waals surface area contributed by atoms with Crippen molar-refractivity contribution in [3.05, 3.63) is 0 Å². The van der Waals surface area contributed by atoms with E-state index in [-0.39, 0.29) is 0 Å². The van der Waals surface area contributed by atoms with Crippen LogP contribution in [0.25, 0.3) is 0 Å². The van der Waals surface area contributed by atoms with Crippen LogP contribution in [-0.4, -0.2) is 44.3 Å². The predicted molar refractivity (Wildman–Crippen MR) is 54.2 cm³/mol. The number of carboxylic acid groups (broad SMARTS) is 4. The van der Waals surface area contributed by atoms with Crippen molar-refractivity contribution in [3.8, 4) is 0 Å². The van der Waals surface area contributed by atoms with Crippen LogP contribution >= 0.6 is 0 Å². The van der Waals surface area contributed by atoms with E-state index >= 15 is 0 Å². The maximum absolute atomic E-state index is 11.5. The van der Waals surface area contributed by atoms with Gasteiger partial charge in [0.25, 0.3) is 0 Å². The molecule has 20 heavy (non-hydrogen) atoms. The highest BCUT2D eigenvalue weighted by Gasteiger charge is 3.27. The quantitative estimate of drug-likeness (QED) is 0.501. The fraction of sp³-hybridized carbons (Fsp3) is 0.667. The van der Waals surface area contributed by atoms with Gasteiger partial charge in [0.15, 0.2) is 0 Å². The molecule has 0 aromatic heterocycles. The Balaban J connectivity index is 1.76. The molecule has 0 aromatic rings. The molecular formula is C12H8O8. The van der Waals surface area contributed by atoms with Gasteiger partial charge in [-0.25, -0.2) is 0 Å². The summed E-state index contributed by atoms with van der Waals surface area (Å²) in [7, 11) is 0. The van der Waals surface area contributed by atoms with Gasteiger partial charge in [-0.2, -0.15) is 0 Å². The fourth-order valence-electron chi connectivity index (χ4n) is 7.57. The van der Waals surface area contributed by atoms with E-state index in [9.17, 15) is 39.6 Å². The summed E-state index contributed by atoms with van der Waals surface area (Å²) in [6.45, 7) is 0. The summed E-state index contributed by atoms with van der Waals surface area (Å²) in [5.74, 6) is -8.54. The normalized spacial score (nSPS) is 64.4. The first-order valence-electron chi connectivity index (χ1n) is 6.19. The largest absolute Gasteiger partial charge is 0.481 e. The first kappa shape index (κ1) is 10.6. The second kappa shape index (κ2) is 2.02. The molecule has 6 aliphatic carbocycles. The third-order valence-electron chi connectivity index (χ3n) is 7.38. The Morgan fingerprint density at radius 2 is 0.650 bits per heavy atom. The van der Waals surface area contributed by atoms with Crippen molar-refractivity contribution >= 4 is 23.9 Å². The highest BCUT2D eigenvalue weighted by Crippen LogP contribution is 3.18. The minimum Gasteiger partial charge on any atom is -0.481 e. The monoisotopic (exact) mass is 280 g/mol. The van der Waals surface area contributed by atoms with E-state index in [2.05, 4.69) is 0 Å². The van der Waals surface area contributed by atoms with Crippen LogP contribution < -0.4 is 0 Å². The van der Waals surface area contributed by atoms with E-state index in [1.807, 2.05) is 0 Å². The van der Waals surface area contributed by atoms with E-state index in [4.69, 9.17) is 0 Å². The Kier molecular flexibility index (Phi) is 1.08. The van der Waals surface area contributed by atoms with Crippen LogP contribution in [-0.2, 0) is 19.2 Å². The van der Waals surface area contributed by atoms with Gasteiger partial charge in [-0.3, -0.25) is 19.2 Å². The van der Waals surface area contributed by atoms with Crippen molar-refractivity contribution in [2.45, 2.75) is 0 Å². The molecule has 0 spiro atoms. The molecule has 0 aliphatic heterocycles. The molecular weight excluding hydrogens is 272 g/mol. The smallest absolute Gasteiger partial charge is 0.311 e. The molecule has 0 amide bonds. The molecule has 4 N–H and O–H groups in total. The van der Waals surface area contributed by atoms with Gasteiger partial charge in [0.2, 0.25) is 0 Å². The first-order valence-corrected chi connectivity index (χ1v) is 6.19. The summed E-state index contributed by atoms with van der Waals surface area (Å²) in [6.07, 6.45) is 0. The van der Waals surface area contributed by atoms with Crippen molar-refractivity contribution in [3.63, 3.8) is 0 Å². The zero-order chi connectivity index (χ0) is 14.6. The van der Waals surface area contributed by atoms with E-state index in [1.54, 1.807) is 0 Å². The van der Waals surface area contributed by atoms with E-state index in [1.165, 1.54) is 0 Å². The van der Waals surface area contributed by atoms with Gasteiger partial charge in [0, 0.05) is 0 Å². The summed E-state index contributed by atoms with van der Waals surface area (Å²) in [4.78, 5) is 46.1. The van der Waals surface area contributed by atoms with Gasteiger partial charge < -0.3 is 20.4 Å². The summed E-state index contributed by atoms with van der Waals surface area (Å²) < 4.78 is 0. The van der Waals surface area contributed by atoms with Crippen LogP contribution in [0.5, 0.6) is 0 Å². The summed E-state index contributed by atoms with van der Waals surface area (Å²) in [5, 5.41) is 37.6. The standard InChI is InChI=1S/C12H8O8/c13-5(14)9-1-2-11(9,7(17)18)4-3(9)10(1,6(15)16)12(2,4)8(19)20/h1-4H,(H,13,14)(H,15,16)(H,17,18)(H,19,20). The molecule has 0 saturated heterocycles. The molecule has 0 aromatic carbocycles. The zero-order valence-corrected chi connectivity index (χ0v) is 9.73. The highest BCUT2D eigenvalue weighted by molar-refractivity contribution is 6.13. The number of hydrogen-bond donors (Lipinski definition) is 4. The summed E-state index contributed by atoms with van der Waals surface area (Å²) >= 11 is 0. The Morgan fingerprint density at radius 1 is 0.500 bits per heavy atom. The predicted octanol–water partition coefficient (Wildman–Crippen LogP) is -1.20. The van der Waals surface area contributed by atoms with Crippen molar-refractivity contribution in [2.75, 3.05) is 0 Å². The van der Waals surface area contributed by atoms with Crippen LogP contribution in [0.3, 0.4) is 0 Å². The lowest BCUT2D eigenvalue weighted by molar-refractivity contribution is -0.684. The molecule has 0 atom stereocenters. The lowest BCUT2D eigenvalue weighted by Gasteiger charge is -3.13. The van der Waals surface area contributed by atoms with Crippen LogP contribution in [0.4, 0.5) is 0 Å². The molecule has 0 radical (unpaired) electrons. The van der Waals surface area contributed by atoms with Gasteiger partial charge in [-0.15, -0.1) is 0 Å². The van der Waals surface area contributed by atoms with E-state index < -0.39 is 69.2 Å². The van der Waals surface area contributed by atoms with Gasteiger partial charge >= 0.3 is 23.9 Å². The van der Waals surface area contributed by atoms with E-state index in [0.717, 1.165) is 0 Å². The molecule has 0 heterocycles. The van der Waals surface area contributed by atoms with Crippen LogP contribution in [0.2, 0.25) is 0 Å². The second-order valence-corrected chi connectivity index (χ2v) is 6.61. The number of rotatable bonds is 4. The Bertz CT molecular complexity index is 568. The zero-order valence-electron chi connectivity index (χ0n) is 9.73. The van der Waals surface area contributed by atoms with Gasteiger partial charge in [-0.05, 0) is 23.7 Å². The minimum atomic E-state index is -1.54. The van der Waals surface area contributed by atoms with Crippen LogP contribution in [0.15, 0.2) is 0 Å². The number of carbonyl (C=O) groups is 4. The topological polar surface area (TPSA) is 149 Å². The molecule has 0 unspecified atom stereocenters. The SMILES string of the molecule is O=C(O)C12C3C4C1(C(=O)O)C1C2C3(C(=O)O)C41C(=O)O. The molecule has 0 bridgehead atoms. The average molecular weight is 280 g/mol. The summed E-state index contributed by atoms with van der Waals surface area (Å²) in [6, 6.07) is 0. The number of carboxylic acids is 4. The van der Waals surface area contributed by atoms with Crippen molar-refractivity contribution in [1.29, 1.82) is 0 Å². The lowest BCUT2D eigenvalue weighted by Crippen LogP contribution is -3.21. The molecule has 6 rings (SSSR count). The lowest BCUT2D eigenvalue weighted by atomic mass is 8.84. The summed E-state index contributed by atoms with van der Waals surface area (Å²) in [5.41, 5.74) is -6.15. The highest BCUT2D eigenvalue weighted by atomic mass is 16.4. The van der Waals surface area contributed by atoms with Crippen molar-refractivity contribution in [2.24, 2.45) is 45.3 Å². The number of aliphatic carboxylic acids is 4. The van der Waals surface area contributed by atoms with Crippen molar-refractivity contribution in [1.82, 2.24) is 0 Å². The van der Waals surface area contributed by atoms with Gasteiger partial charge in [0.1, 0.15) is 0 Å². The Morgan fingerprint density at radius 3 is 0.750 bits per heavy atom. The van der Waals surface area contributed by atoms with E-state index in [0.29, 0.717) is 0 Å². The van der Waals surface area contributed by atoms with Gasteiger partial charge in [-0.1, -0.05) is 0 Å². The second-order valence-electron chi connectivity index (χ2n) is 6.61. The third kappa shape index (κ3) is 0.382. The Hall–Kier alpha value is -2.12. The van der Waals surface area contributed by atoms with Gasteiger partial charge in [0.05, 0.1) is 21.7 Å². The van der Waals surface area contributed by atoms with Crippen LogP contribution in [0.1, 0.15) is 0 Å². The molecule has 8 heteroatoms. The maximum atomic E-state index is 11.5. The van der Waals surface area contributed by atoms with Crippen LogP contribution in [0, 0.1) is 45.3 Å². The molecule has 6 saturated carbocycles. The molecule has 8 nitrogen and oxygen atoms in total. The molecule has 6 aliphatic rings. The fourth-order valence-corrected chi connectivity index (χ4v) is 7.57. The molecule has 6 fully saturated rings. The number of hydrogen-bond acceptors (Lipinski definition) is 4. The first-order chi connectivity index (χ1) is 9.25. The van der Waals surface area contributed by atoms with Crippen molar-refractivity contribution < 1.29 is 39.6 Å². The average Bonchev–Trinajstić information content (AvgIpc) is 2.35. The third-order valence-corrected chi connectivity index (χ3v) is 7.38. The maximum Gasteiger partial charge on any atom is 0.311 e. The Labute approximate surface area is 110 Å². The minimum absolute atomic E-state index is 0.841.